The molecule has 1 amide bonds. The lowest BCUT2D eigenvalue weighted by Gasteiger charge is -2.39. The Morgan fingerprint density at radius 2 is 2.00 bits per heavy atom. The summed E-state index contributed by atoms with van der Waals surface area (Å²) in [6, 6.07) is 4.15. The van der Waals surface area contributed by atoms with E-state index in [2.05, 4.69) is 11.4 Å². The van der Waals surface area contributed by atoms with Gasteiger partial charge >= 0.3 is 0 Å². The monoisotopic (exact) mass is 370 g/mol. The molecule has 1 atom stereocenters. The number of halogens is 2. The predicted octanol–water partition coefficient (Wildman–Crippen LogP) is 4.08. The largest absolute Gasteiger partial charge is 0.360 e. The summed E-state index contributed by atoms with van der Waals surface area (Å²) in [4.78, 5) is 11.6. The number of rotatable bonds is 2. The molecule has 0 bridgehead atoms. The molecule has 132 valence electrons. The summed E-state index contributed by atoms with van der Waals surface area (Å²) in [5.74, 6) is -0.0626. The molecule has 0 aliphatic carbocycles. The van der Waals surface area contributed by atoms with E-state index < -0.39 is 5.54 Å². The molecule has 1 aromatic carbocycles. The van der Waals surface area contributed by atoms with E-state index in [4.69, 9.17) is 28.1 Å². The van der Waals surface area contributed by atoms with Crippen molar-refractivity contribution < 1.29 is 9.53 Å². The number of amides is 1. The molecule has 0 radical (unpaired) electrons. The molecule has 2 heterocycles. The number of hydrogen-bond acceptors (Lipinski definition) is 3. The van der Waals surface area contributed by atoms with Gasteiger partial charge in [-0.1, -0.05) is 17.7 Å². The molecule has 1 saturated heterocycles. The van der Waals surface area contributed by atoms with Crippen LogP contribution in [0, 0.1) is 6.92 Å². The summed E-state index contributed by atoms with van der Waals surface area (Å²) in [5, 5.41) is 3.79. The Labute approximate surface area is 153 Å². The number of ether oxygens (including phenoxy) is 1. The van der Waals surface area contributed by atoms with Gasteiger partial charge in [-0.3, -0.25) is 4.79 Å². The number of carbonyl (C=O) groups is 1. The molecular formula is C18H24Cl2N2O2. The van der Waals surface area contributed by atoms with Crippen LogP contribution in [0.15, 0.2) is 12.1 Å². The maximum Gasteiger partial charge on any atom is 0.217 e. The summed E-state index contributed by atoms with van der Waals surface area (Å²) in [5.41, 5.74) is 2.40. The van der Waals surface area contributed by atoms with Gasteiger partial charge < -0.3 is 10.1 Å². The zero-order chi connectivity index (χ0) is 17.7. The van der Waals surface area contributed by atoms with E-state index in [9.17, 15) is 4.79 Å². The normalized spacial score (nSPS) is 23.3. The summed E-state index contributed by atoms with van der Waals surface area (Å²) in [7, 11) is 0. The van der Waals surface area contributed by atoms with Gasteiger partial charge in [0.1, 0.15) is 6.10 Å². The maximum absolute atomic E-state index is 11.6. The van der Waals surface area contributed by atoms with Gasteiger partial charge in [-0.2, -0.15) is 0 Å². The Balaban J connectivity index is 2.06. The molecule has 3 rings (SSSR count). The number of aryl methyl sites for hydroxylation is 1. The van der Waals surface area contributed by atoms with Crippen molar-refractivity contribution in [1.82, 2.24) is 9.74 Å². The maximum atomic E-state index is 11.6. The Hall–Kier alpha value is -0.810. The molecule has 1 fully saturated rings. The van der Waals surface area contributed by atoms with Crippen LogP contribution in [0.3, 0.4) is 0 Å². The molecule has 1 N–H and O–H groups in total. The molecule has 0 saturated carbocycles. The van der Waals surface area contributed by atoms with Gasteiger partial charge in [0.25, 0.3) is 0 Å². The first kappa shape index (κ1) is 18.0. The highest BCUT2D eigenvalue weighted by Gasteiger charge is 2.51. The van der Waals surface area contributed by atoms with E-state index in [1.807, 2.05) is 26.8 Å². The quantitative estimate of drug-likeness (QED) is 0.797. The van der Waals surface area contributed by atoms with E-state index >= 15 is 0 Å². The third kappa shape index (κ3) is 3.05. The molecule has 4 nitrogen and oxygen atoms in total. The summed E-state index contributed by atoms with van der Waals surface area (Å²) in [6.45, 7) is 9.06. The van der Waals surface area contributed by atoms with Crippen LogP contribution in [-0.4, -0.2) is 29.0 Å². The van der Waals surface area contributed by atoms with Crippen LogP contribution in [0.25, 0.3) is 0 Å². The highest BCUT2D eigenvalue weighted by Crippen LogP contribution is 2.53. The minimum Gasteiger partial charge on any atom is -0.360 e. The molecule has 0 unspecified atom stereocenters. The second kappa shape index (κ2) is 6.17. The number of piperidine rings is 1. The van der Waals surface area contributed by atoms with Crippen molar-refractivity contribution in [1.29, 1.82) is 0 Å². The highest BCUT2D eigenvalue weighted by molar-refractivity contribution is 6.31. The van der Waals surface area contributed by atoms with E-state index in [1.165, 1.54) is 6.92 Å². The molecule has 6 heteroatoms. The van der Waals surface area contributed by atoms with Gasteiger partial charge in [-0.05, 0) is 68.1 Å². The average Bonchev–Trinajstić information content (AvgIpc) is 2.77. The first-order valence-electron chi connectivity index (χ1n) is 8.32. The van der Waals surface area contributed by atoms with E-state index in [0.717, 1.165) is 47.6 Å². The second-order valence-corrected chi connectivity index (χ2v) is 8.38. The van der Waals surface area contributed by atoms with Crippen LogP contribution >= 0.6 is 23.4 Å². The van der Waals surface area contributed by atoms with Crippen LogP contribution in [0.1, 0.15) is 56.4 Å². The number of hydrogen-bond donors (Lipinski definition) is 1. The molecule has 1 spiro atoms. The van der Waals surface area contributed by atoms with Crippen LogP contribution in [0.2, 0.25) is 5.02 Å². The number of nitrogens with one attached hydrogen (secondary N) is 1. The fourth-order valence-corrected chi connectivity index (χ4v) is 4.28. The SMILES string of the molecule is CC(=O)NC(C)(C)[C@H]1OC2(CCN(Cl)CC2)c2cc(Cl)c(C)cc21. The summed E-state index contributed by atoms with van der Waals surface area (Å²) in [6.07, 6.45) is 1.42. The standard InChI is InChI=1S/C18H24Cl2N2O2/c1-11-9-13-14(10-15(11)19)18(5-7-22(20)8-6-18)24-16(13)17(3,4)21-12(2)23/h9-10,16H,5-8H2,1-4H3,(H,21,23)/t16-/m0/s1. The fourth-order valence-electron chi connectivity index (χ4n) is 3.95. The van der Waals surface area contributed by atoms with E-state index in [-0.39, 0.29) is 17.6 Å². The topological polar surface area (TPSA) is 41.6 Å². The predicted molar refractivity (Wildman–Crippen MR) is 96.2 cm³/mol. The molecule has 2 aliphatic rings. The lowest BCUT2D eigenvalue weighted by atomic mass is 9.82. The van der Waals surface area contributed by atoms with Gasteiger partial charge in [0.05, 0.1) is 11.1 Å². The minimum atomic E-state index is -0.511. The van der Waals surface area contributed by atoms with Gasteiger partial charge in [0.15, 0.2) is 0 Å². The zero-order valence-corrected chi connectivity index (χ0v) is 16.1. The lowest BCUT2D eigenvalue weighted by Crippen LogP contribution is -2.48. The molecule has 1 aromatic rings. The van der Waals surface area contributed by atoms with Crippen molar-refractivity contribution in [3.63, 3.8) is 0 Å². The average molecular weight is 371 g/mol. The number of fused-ring (bicyclic) bond motifs is 2. The van der Waals surface area contributed by atoms with Crippen molar-refractivity contribution in [3.8, 4) is 0 Å². The third-order valence-corrected chi connectivity index (χ3v) is 5.86. The molecular weight excluding hydrogens is 347 g/mol. The number of benzene rings is 1. The molecule has 0 aromatic heterocycles. The smallest absolute Gasteiger partial charge is 0.217 e. The first-order chi connectivity index (χ1) is 11.1. The van der Waals surface area contributed by atoms with Gasteiger partial charge in [0, 0.05) is 25.0 Å². The van der Waals surface area contributed by atoms with Crippen LogP contribution in [-0.2, 0) is 15.1 Å². The molecule has 2 aliphatic heterocycles. The van der Waals surface area contributed by atoms with Crippen molar-refractivity contribution >= 4 is 29.3 Å². The number of nitrogens with zero attached hydrogens (tertiary/aromatic N) is 1. The van der Waals surface area contributed by atoms with Crippen LogP contribution in [0.5, 0.6) is 0 Å². The van der Waals surface area contributed by atoms with Crippen molar-refractivity contribution in [3.05, 3.63) is 33.8 Å². The Kier molecular flexibility index (Phi) is 4.63. The lowest BCUT2D eigenvalue weighted by molar-refractivity contribution is -0.137. The van der Waals surface area contributed by atoms with Gasteiger partial charge in [0.2, 0.25) is 5.91 Å². The van der Waals surface area contributed by atoms with Crippen LogP contribution in [0.4, 0.5) is 0 Å². The van der Waals surface area contributed by atoms with E-state index in [0.29, 0.717) is 0 Å². The van der Waals surface area contributed by atoms with Crippen molar-refractivity contribution in [2.24, 2.45) is 0 Å². The summed E-state index contributed by atoms with van der Waals surface area (Å²) >= 11 is 12.6. The van der Waals surface area contributed by atoms with Crippen LogP contribution < -0.4 is 5.32 Å². The first-order valence-corrected chi connectivity index (χ1v) is 9.04. The Bertz CT molecular complexity index is 667. The second-order valence-electron chi connectivity index (χ2n) is 7.49. The minimum absolute atomic E-state index is 0.0626. The van der Waals surface area contributed by atoms with Crippen molar-refractivity contribution in [2.75, 3.05) is 13.1 Å². The Morgan fingerprint density at radius 3 is 2.58 bits per heavy atom. The van der Waals surface area contributed by atoms with Crippen molar-refractivity contribution in [2.45, 2.75) is 57.8 Å². The Morgan fingerprint density at radius 1 is 1.38 bits per heavy atom. The number of carbonyl (C=O) groups excluding carboxylic acids is 1. The van der Waals surface area contributed by atoms with Gasteiger partial charge in [-0.25, -0.2) is 4.42 Å². The summed E-state index contributed by atoms with van der Waals surface area (Å²) < 4.78 is 8.43. The fraction of sp³-hybridized carbons (Fsp3) is 0.611. The molecule has 24 heavy (non-hydrogen) atoms. The zero-order valence-electron chi connectivity index (χ0n) is 14.6. The van der Waals surface area contributed by atoms with E-state index in [1.54, 1.807) is 4.42 Å². The highest BCUT2D eigenvalue weighted by atomic mass is 35.5. The third-order valence-electron chi connectivity index (χ3n) is 5.12. The van der Waals surface area contributed by atoms with Gasteiger partial charge in [-0.15, -0.1) is 0 Å².